The molecular weight excluding hydrogens is 326 g/mol. The molecule has 1 aromatic carbocycles. The Morgan fingerprint density at radius 1 is 1.36 bits per heavy atom. The number of carbonyl (C=O) groups excluding carboxylic acids is 1. The molecule has 8 heteroatoms. The van der Waals surface area contributed by atoms with Gasteiger partial charge >= 0.3 is 5.97 Å². The highest BCUT2D eigenvalue weighted by Crippen LogP contribution is 2.17. The summed E-state index contributed by atoms with van der Waals surface area (Å²) in [7, 11) is 0. The van der Waals surface area contributed by atoms with Gasteiger partial charge in [0.25, 0.3) is 5.91 Å². The van der Waals surface area contributed by atoms with Gasteiger partial charge < -0.3 is 19.3 Å². The SMILES string of the molecule is Cc1nc(COc2cccc(C(=O)N(CC(=O)O)CC(C)C)c2)no1. The van der Waals surface area contributed by atoms with E-state index in [1.165, 1.54) is 4.90 Å². The Kier molecular flexibility index (Phi) is 6.10. The average molecular weight is 347 g/mol. The zero-order valence-electron chi connectivity index (χ0n) is 14.4. The van der Waals surface area contributed by atoms with Crippen molar-refractivity contribution in [1.82, 2.24) is 15.0 Å². The summed E-state index contributed by atoms with van der Waals surface area (Å²) in [5.74, 6) is 0.0743. The van der Waals surface area contributed by atoms with Gasteiger partial charge in [0.1, 0.15) is 12.3 Å². The van der Waals surface area contributed by atoms with Crippen molar-refractivity contribution in [3.63, 3.8) is 0 Å². The highest BCUT2D eigenvalue weighted by Gasteiger charge is 2.20. The molecule has 0 bridgehead atoms. The van der Waals surface area contributed by atoms with Gasteiger partial charge in [0.2, 0.25) is 11.7 Å². The predicted molar refractivity (Wildman–Crippen MR) is 88.2 cm³/mol. The first kappa shape index (κ1) is 18.4. The lowest BCUT2D eigenvalue weighted by Gasteiger charge is -2.23. The van der Waals surface area contributed by atoms with E-state index in [1.54, 1.807) is 31.2 Å². The fraction of sp³-hybridized carbons (Fsp3) is 0.412. The number of ether oxygens (including phenoxy) is 1. The second-order valence-electron chi connectivity index (χ2n) is 6.02. The van der Waals surface area contributed by atoms with Gasteiger partial charge in [0, 0.05) is 19.0 Å². The zero-order chi connectivity index (χ0) is 18.4. The molecular formula is C17H21N3O5. The summed E-state index contributed by atoms with van der Waals surface area (Å²) in [4.78, 5) is 29.0. The van der Waals surface area contributed by atoms with Crippen LogP contribution in [-0.2, 0) is 11.4 Å². The second kappa shape index (κ2) is 8.27. The summed E-state index contributed by atoms with van der Waals surface area (Å²) >= 11 is 0. The Morgan fingerprint density at radius 3 is 2.72 bits per heavy atom. The fourth-order valence-electron chi connectivity index (χ4n) is 2.27. The summed E-state index contributed by atoms with van der Waals surface area (Å²) in [6, 6.07) is 6.58. The molecule has 0 aliphatic rings. The van der Waals surface area contributed by atoms with Gasteiger partial charge in [-0.25, -0.2) is 0 Å². The summed E-state index contributed by atoms with van der Waals surface area (Å²) in [5.41, 5.74) is 0.365. The summed E-state index contributed by atoms with van der Waals surface area (Å²) in [6.07, 6.45) is 0. The van der Waals surface area contributed by atoms with E-state index in [9.17, 15) is 9.59 Å². The number of amides is 1. The minimum absolute atomic E-state index is 0.111. The van der Waals surface area contributed by atoms with Crippen molar-refractivity contribution < 1.29 is 24.0 Å². The number of hydrogen-bond acceptors (Lipinski definition) is 6. The quantitative estimate of drug-likeness (QED) is 0.779. The Labute approximate surface area is 145 Å². The Balaban J connectivity index is 2.09. The third-order valence-electron chi connectivity index (χ3n) is 3.22. The van der Waals surface area contributed by atoms with E-state index in [0.29, 0.717) is 29.6 Å². The standard InChI is InChI=1S/C17H21N3O5/c1-11(2)8-20(9-16(21)22)17(23)13-5-4-6-14(7-13)24-10-15-18-12(3)25-19-15/h4-7,11H,8-10H2,1-3H3,(H,21,22). The van der Waals surface area contributed by atoms with Gasteiger partial charge in [-0.3, -0.25) is 9.59 Å². The lowest BCUT2D eigenvalue weighted by molar-refractivity contribution is -0.137. The molecule has 0 aliphatic heterocycles. The van der Waals surface area contributed by atoms with E-state index < -0.39 is 5.97 Å². The van der Waals surface area contributed by atoms with E-state index in [0.717, 1.165) is 0 Å². The van der Waals surface area contributed by atoms with Crippen LogP contribution in [0.2, 0.25) is 0 Å². The van der Waals surface area contributed by atoms with Crippen molar-refractivity contribution >= 4 is 11.9 Å². The van der Waals surface area contributed by atoms with Crippen molar-refractivity contribution in [2.45, 2.75) is 27.4 Å². The molecule has 0 radical (unpaired) electrons. The first-order valence-electron chi connectivity index (χ1n) is 7.88. The Hall–Kier alpha value is -2.90. The van der Waals surface area contributed by atoms with E-state index in [-0.39, 0.29) is 25.0 Å². The van der Waals surface area contributed by atoms with Crippen LogP contribution in [0.3, 0.4) is 0 Å². The van der Waals surface area contributed by atoms with Crippen molar-refractivity contribution in [3.8, 4) is 5.75 Å². The molecule has 25 heavy (non-hydrogen) atoms. The molecule has 2 aromatic rings. The van der Waals surface area contributed by atoms with Crippen molar-refractivity contribution in [2.75, 3.05) is 13.1 Å². The average Bonchev–Trinajstić information content (AvgIpc) is 2.96. The molecule has 0 aliphatic carbocycles. The third-order valence-corrected chi connectivity index (χ3v) is 3.22. The molecule has 0 spiro atoms. The number of nitrogens with zero attached hydrogens (tertiary/aromatic N) is 3. The predicted octanol–water partition coefficient (Wildman–Crippen LogP) is 2.14. The first-order valence-corrected chi connectivity index (χ1v) is 7.88. The highest BCUT2D eigenvalue weighted by atomic mass is 16.5. The Morgan fingerprint density at radius 2 is 2.12 bits per heavy atom. The summed E-state index contributed by atoms with van der Waals surface area (Å²) in [6.45, 7) is 5.66. The number of benzene rings is 1. The van der Waals surface area contributed by atoms with Gasteiger partial charge in [-0.05, 0) is 24.1 Å². The topological polar surface area (TPSA) is 106 Å². The van der Waals surface area contributed by atoms with Crippen LogP contribution in [0.25, 0.3) is 0 Å². The molecule has 0 fully saturated rings. The molecule has 0 saturated carbocycles. The number of rotatable bonds is 8. The number of carboxylic acid groups (broad SMARTS) is 1. The maximum atomic E-state index is 12.6. The normalized spacial score (nSPS) is 10.7. The van der Waals surface area contributed by atoms with Gasteiger partial charge in [0.05, 0.1) is 0 Å². The minimum atomic E-state index is -1.05. The van der Waals surface area contributed by atoms with Crippen LogP contribution in [0.1, 0.15) is 35.9 Å². The first-order chi connectivity index (χ1) is 11.8. The smallest absolute Gasteiger partial charge is 0.323 e. The maximum absolute atomic E-state index is 12.6. The van der Waals surface area contributed by atoms with E-state index in [2.05, 4.69) is 10.1 Å². The molecule has 1 heterocycles. The van der Waals surface area contributed by atoms with E-state index in [4.69, 9.17) is 14.4 Å². The number of carboxylic acids is 1. The van der Waals surface area contributed by atoms with Gasteiger partial charge in [0.15, 0.2) is 6.61 Å². The molecule has 1 aromatic heterocycles. The van der Waals surface area contributed by atoms with Crippen LogP contribution in [0, 0.1) is 12.8 Å². The molecule has 1 N–H and O–H groups in total. The molecule has 8 nitrogen and oxygen atoms in total. The van der Waals surface area contributed by atoms with Gasteiger partial charge in [-0.15, -0.1) is 0 Å². The lowest BCUT2D eigenvalue weighted by Crippen LogP contribution is -2.38. The largest absolute Gasteiger partial charge is 0.485 e. The molecule has 2 rings (SSSR count). The lowest BCUT2D eigenvalue weighted by atomic mass is 10.1. The van der Waals surface area contributed by atoms with Gasteiger partial charge in [-0.2, -0.15) is 4.98 Å². The van der Waals surface area contributed by atoms with Crippen LogP contribution >= 0.6 is 0 Å². The third kappa shape index (κ3) is 5.59. The van der Waals surface area contributed by atoms with Crippen molar-refractivity contribution in [2.24, 2.45) is 5.92 Å². The van der Waals surface area contributed by atoms with Crippen LogP contribution in [0.4, 0.5) is 0 Å². The van der Waals surface area contributed by atoms with E-state index in [1.807, 2.05) is 13.8 Å². The Bertz CT molecular complexity index is 741. The van der Waals surface area contributed by atoms with Crippen LogP contribution < -0.4 is 4.74 Å². The van der Waals surface area contributed by atoms with Crippen LogP contribution in [0.5, 0.6) is 5.75 Å². The highest BCUT2D eigenvalue weighted by molar-refractivity contribution is 5.96. The summed E-state index contributed by atoms with van der Waals surface area (Å²) < 4.78 is 10.4. The number of aromatic nitrogens is 2. The second-order valence-corrected chi connectivity index (χ2v) is 6.02. The number of carbonyl (C=O) groups is 2. The molecule has 1 amide bonds. The molecule has 0 unspecified atom stereocenters. The number of hydrogen-bond donors (Lipinski definition) is 1. The van der Waals surface area contributed by atoms with E-state index >= 15 is 0 Å². The minimum Gasteiger partial charge on any atom is -0.485 e. The van der Waals surface area contributed by atoms with Crippen LogP contribution in [0.15, 0.2) is 28.8 Å². The van der Waals surface area contributed by atoms with Gasteiger partial charge in [-0.1, -0.05) is 25.1 Å². The van der Waals surface area contributed by atoms with Crippen LogP contribution in [-0.4, -0.2) is 45.1 Å². The molecule has 0 atom stereocenters. The zero-order valence-corrected chi connectivity index (χ0v) is 14.4. The molecule has 134 valence electrons. The van der Waals surface area contributed by atoms with Crippen molar-refractivity contribution in [3.05, 3.63) is 41.5 Å². The summed E-state index contributed by atoms with van der Waals surface area (Å²) in [5, 5.41) is 12.7. The number of aliphatic carboxylic acids is 1. The molecule has 0 saturated heterocycles. The number of aryl methyl sites for hydroxylation is 1. The van der Waals surface area contributed by atoms with Crippen molar-refractivity contribution in [1.29, 1.82) is 0 Å². The maximum Gasteiger partial charge on any atom is 0.323 e. The fourth-order valence-corrected chi connectivity index (χ4v) is 2.27. The monoisotopic (exact) mass is 347 g/mol.